The van der Waals surface area contributed by atoms with Crippen molar-refractivity contribution in [2.24, 2.45) is 0 Å². The van der Waals surface area contributed by atoms with Gasteiger partial charge in [0.2, 0.25) is 0 Å². The largest absolute Gasteiger partial charge is 0.508 e. The molecule has 3 nitrogen and oxygen atoms in total. The molecule has 20 heavy (non-hydrogen) atoms. The number of hydrogen-bond donors (Lipinski definition) is 1. The highest BCUT2D eigenvalue weighted by molar-refractivity contribution is 6.63. The highest BCUT2D eigenvalue weighted by Gasteiger charge is 2.52. The van der Waals surface area contributed by atoms with Crippen LogP contribution in [0.3, 0.4) is 0 Å². The molecular weight excluding hydrogens is 251 g/mol. The molecule has 1 saturated heterocycles. The molecule has 0 spiro atoms. The van der Waals surface area contributed by atoms with Crippen LogP contribution < -0.4 is 5.46 Å². The maximum atomic E-state index is 10.6. The summed E-state index contributed by atoms with van der Waals surface area (Å²) in [4.78, 5) is 0. The first-order valence-electron chi connectivity index (χ1n) is 7.51. The fourth-order valence-corrected chi connectivity index (χ4v) is 2.99. The third-order valence-electron chi connectivity index (χ3n) is 5.04. The van der Waals surface area contributed by atoms with E-state index in [0.717, 1.165) is 30.3 Å². The SMILES string of the molecule is CC1(C)OB(c2ccc3c(c2O)CCCC3)OC1(C)C. The van der Waals surface area contributed by atoms with Crippen LogP contribution in [0, 0.1) is 0 Å². The summed E-state index contributed by atoms with van der Waals surface area (Å²) in [5.41, 5.74) is 2.38. The Kier molecular flexibility index (Phi) is 3.14. The van der Waals surface area contributed by atoms with Gasteiger partial charge < -0.3 is 14.4 Å². The van der Waals surface area contributed by atoms with E-state index < -0.39 is 7.12 Å². The molecule has 1 aliphatic heterocycles. The summed E-state index contributed by atoms with van der Waals surface area (Å²) in [6, 6.07) is 4.08. The molecule has 2 aliphatic rings. The van der Waals surface area contributed by atoms with E-state index in [1.807, 2.05) is 33.8 Å². The second-order valence-corrected chi connectivity index (χ2v) is 6.94. The lowest BCUT2D eigenvalue weighted by Crippen LogP contribution is -2.41. The second kappa shape index (κ2) is 4.50. The summed E-state index contributed by atoms with van der Waals surface area (Å²) < 4.78 is 12.1. The Hall–Kier alpha value is -0.995. The van der Waals surface area contributed by atoms with Gasteiger partial charge in [0.25, 0.3) is 0 Å². The van der Waals surface area contributed by atoms with Gasteiger partial charge in [0.15, 0.2) is 0 Å². The van der Waals surface area contributed by atoms with Gasteiger partial charge in [-0.3, -0.25) is 0 Å². The molecule has 0 saturated carbocycles. The maximum absolute atomic E-state index is 10.6. The molecule has 0 atom stereocenters. The van der Waals surface area contributed by atoms with Crippen molar-refractivity contribution in [3.63, 3.8) is 0 Å². The molecule has 0 bridgehead atoms. The normalized spacial score (nSPS) is 23.7. The molecule has 1 N–H and O–H groups in total. The van der Waals surface area contributed by atoms with E-state index in [0.29, 0.717) is 5.75 Å². The number of hydrogen-bond acceptors (Lipinski definition) is 3. The van der Waals surface area contributed by atoms with Crippen LogP contribution in [0.15, 0.2) is 12.1 Å². The standard InChI is InChI=1S/C16H23BO3/c1-15(2)16(3,4)20-17(19-15)13-10-9-11-7-5-6-8-12(11)14(13)18/h9-10,18H,5-8H2,1-4H3. The molecule has 0 radical (unpaired) electrons. The zero-order valence-corrected chi connectivity index (χ0v) is 12.8. The van der Waals surface area contributed by atoms with Gasteiger partial charge in [-0.1, -0.05) is 12.1 Å². The average Bonchev–Trinajstić information content (AvgIpc) is 2.59. The molecule has 1 aromatic rings. The summed E-state index contributed by atoms with van der Waals surface area (Å²) >= 11 is 0. The highest BCUT2D eigenvalue weighted by Crippen LogP contribution is 2.38. The molecule has 1 heterocycles. The summed E-state index contributed by atoms with van der Waals surface area (Å²) in [7, 11) is -0.479. The van der Waals surface area contributed by atoms with Crippen LogP contribution in [0.25, 0.3) is 0 Å². The van der Waals surface area contributed by atoms with E-state index in [1.165, 1.54) is 12.0 Å². The molecule has 1 aromatic carbocycles. The third kappa shape index (κ3) is 2.06. The van der Waals surface area contributed by atoms with Crippen molar-refractivity contribution in [2.75, 3.05) is 0 Å². The predicted molar refractivity (Wildman–Crippen MR) is 80.5 cm³/mol. The summed E-state index contributed by atoms with van der Waals surface area (Å²) in [5, 5.41) is 10.6. The lowest BCUT2D eigenvalue weighted by Gasteiger charge is -2.32. The predicted octanol–water partition coefficient (Wildman–Crippen LogP) is 2.57. The van der Waals surface area contributed by atoms with Gasteiger partial charge in [0.05, 0.1) is 11.2 Å². The van der Waals surface area contributed by atoms with Crippen LogP contribution in [0.1, 0.15) is 51.7 Å². The molecule has 3 rings (SSSR count). The minimum atomic E-state index is -0.479. The van der Waals surface area contributed by atoms with Gasteiger partial charge >= 0.3 is 7.12 Å². The van der Waals surface area contributed by atoms with Crippen molar-refractivity contribution in [1.82, 2.24) is 0 Å². The van der Waals surface area contributed by atoms with Crippen molar-refractivity contribution in [3.05, 3.63) is 23.3 Å². The van der Waals surface area contributed by atoms with Crippen molar-refractivity contribution in [2.45, 2.75) is 64.6 Å². The molecule has 108 valence electrons. The molecular formula is C16H23BO3. The average molecular weight is 274 g/mol. The number of phenols is 1. The van der Waals surface area contributed by atoms with Gasteiger partial charge in [0.1, 0.15) is 5.75 Å². The van der Waals surface area contributed by atoms with Gasteiger partial charge in [0, 0.05) is 5.46 Å². The van der Waals surface area contributed by atoms with Gasteiger partial charge in [-0.25, -0.2) is 0 Å². The highest BCUT2D eigenvalue weighted by atomic mass is 16.7. The number of aryl methyl sites for hydroxylation is 1. The van der Waals surface area contributed by atoms with Crippen LogP contribution in [-0.4, -0.2) is 23.4 Å². The topological polar surface area (TPSA) is 38.7 Å². The smallest absolute Gasteiger partial charge is 0.498 e. The molecule has 4 heteroatoms. The second-order valence-electron chi connectivity index (χ2n) is 6.94. The third-order valence-corrected chi connectivity index (χ3v) is 5.04. The molecule has 0 amide bonds. The Bertz CT molecular complexity index is 521. The van der Waals surface area contributed by atoms with Gasteiger partial charge in [-0.2, -0.15) is 0 Å². The Balaban J connectivity index is 1.96. The van der Waals surface area contributed by atoms with Crippen molar-refractivity contribution >= 4 is 12.6 Å². The van der Waals surface area contributed by atoms with E-state index >= 15 is 0 Å². The number of benzene rings is 1. The first kappa shape index (κ1) is 14.0. The lowest BCUT2D eigenvalue weighted by molar-refractivity contribution is 0.00578. The quantitative estimate of drug-likeness (QED) is 0.800. The van der Waals surface area contributed by atoms with Crippen LogP contribution in [0.5, 0.6) is 5.75 Å². The molecule has 1 fully saturated rings. The fraction of sp³-hybridized carbons (Fsp3) is 0.625. The maximum Gasteiger partial charge on any atom is 0.498 e. The van der Waals surface area contributed by atoms with E-state index in [4.69, 9.17) is 9.31 Å². The summed E-state index contributed by atoms with van der Waals surface area (Å²) in [6.07, 6.45) is 4.37. The van der Waals surface area contributed by atoms with Crippen LogP contribution >= 0.6 is 0 Å². The minimum Gasteiger partial charge on any atom is -0.508 e. The molecule has 0 unspecified atom stereocenters. The van der Waals surface area contributed by atoms with Crippen molar-refractivity contribution in [3.8, 4) is 5.75 Å². The molecule has 0 aromatic heterocycles. The fourth-order valence-electron chi connectivity index (χ4n) is 2.99. The van der Waals surface area contributed by atoms with Gasteiger partial charge in [-0.05, 0) is 64.5 Å². The number of fused-ring (bicyclic) bond motifs is 1. The zero-order chi connectivity index (χ0) is 14.5. The van der Waals surface area contributed by atoms with Crippen molar-refractivity contribution in [1.29, 1.82) is 0 Å². The Morgan fingerprint density at radius 2 is 1.60 bits per heavy atom. The van der Waals surface area contributed by atoms with Crippen molar-refractivity contribution < 1.29 is 14.4 Å². The number of aromatic hydroxyl groups is 1. The lowest BCUT2D eigenvalue weighted by atomic mass is 9.75. The van der Waals surface area contributed by atoms with Crippen LogP contribution in [-0.2, 0) is 22.2 Å². The first-order valence-corrected chi connectivity index (χ1v) is 7.51. The van der Waals surface area contributed by atoms with E-state index in [-0.39, 0.29) is 11.2 Å². The Morgan fingerprint density at radius 1 is 1.00 bits per heavy atom. The zero-order valence-electron chi connectivity index (χ0n) is 12.8. The van der Waals surface area contributed by atoms with Crippen LogP contribution in [0.2, 0.25) is 0 Å². The Labute approximate surface area is 121 Å². The minimum absolute atomic E-state index is 0.375. The monoisotopic (exact) mass is 274 g/mol. The van der Waals surface area contributed by atoms with E-state index in [2.05, 4.69) is 6.07 Å². The first-order chi connectivity index (χ1) is 9.32. The van der Waals surface area contributed by atoms with Crippen LogP contribution in [0.4, 0.5) is 0 Å². The van der Waals surface area contributed by atoms with E-state index in [9.17, 15) is 5.11 Å². The van der Waals surface area contributed by atoms with Gasteiger partial charge in [-0.15, -0.1) is 0 Å². The number of rotatable bonds is 1. The summed E-state index contributed by atoms with van der Waals surface area (Å²) in [5.74, 6) is 0.376. The molecule has 1 aliphatic carbocycles. The number of phenolic OH excluding ortho intramolecular Hbond substituents is 1. The Morgan fingerprint density at radius 3 is 2.25 bits per heavy atom. The summed E-state index contributed by atoms with van der Waals surface area (Å²) in [6.45, 7) is 8.12. The van der Waals surface area contributed by atoms with E-state index in [1.54, 1.807) is 0 Å².